The third-order valence-corrected chi connectivity index (χ3v) is 5.97. The van der Waals surface area contributed by atoms with E-state index < -0.39 is 0 Å². The second-order valence-corrected chi connectivity index (χ2v) is 8.15. The van der Waals surface area contributed by atoms with Gasteiger partial charge in [-0.1, -0.05) is 40.2 Å². The van der Waals surface area contributed by atoms with Gasteiger partial charge in [-0.15, -0.1) is 0 Å². The van der Waals surface area contributed by atoms with E-state index in [2.05, 4.69) is 38.3 Å². The number of carbonyl (C=O) groups is 2. The summed E-state index contributed by atoms with van der Waals surface area (Å²) in [5, 5.41) is 3.14. The molecule has 3 aromatic rings. The lowest BCUT2D eigenvalue weighted by Gasteiger charge is -2.18. The second-order valence-electron chi connectivity index (χ2n) is 7.23. The van der Waals surface area contributed by atoms with Crippen LogP contribution in [0.5, 0.6) is 0 Å². The van der Waals surface area contributed by atoms with E-state index in [-0.39, 0.29) is 18.5 Å². The Kier molecular flexibility index (Phi) is 4.36. The third-order valence-electron chi connectivity index (χ3n) is 5.45. The van der Waals surface area contributed by atoms with Crippen molar-refractivity contribution in [2.45, 2.75) is 13.1 Å². The zero-order valence-electron chi connectivity index (χ0n) is 15.6. The summed E-state index contributed by atoms with van der Waals surface area (Å²) in [5.41, 5.74) is 5.35. The fraction of sp³-hybridized carbons (Fsp3) is 0.130. The summed E-state index contributed by atoms with van der Waals surface area (Å²) in [7, 11) is 0. The largest absolute Gasteiger partial charge is 0.367 e. The number of benzene rings is 3. The molecular weight excluding hydrogens is 430 g/mol. The van der Waals surface area contributed by atoms with Crippen LogP contribution in [0.4, 0.5) is 11.4 Å². The first-order chi connectivity index (χ1) is 14.1. The highest BCUT2D eigenvalue weighted by atomic mass is 79.9. The van der Waals surface area contributed by atoms with Crippen LogP contribution in [0.2, 0.25) is 0 Å². The highest BCUT2D eigenvalue weighted by Gasteiger charge is 2.36. The van der Waals surface area contributed by atoms with Crippen LogP contribution in [-0.2, 0) is 13.1 Å². The Bertz CT molecular complexity index is 1100. The third kappa shape index (κ3) is 3.19. The number of nitrogens with zero attached hydrogens (tertiary/aromatic N) is 2. The Hall–Kier alpha value is -3.12. The van der Waals surface area contributed by atoms with E-state index in [1.165, 1.54) is 16.0 Å². The molecule has 5 rings (SSSR count). The molecule has 3 aromatic carbocycles. The highest BCUT2D eigenvalue weighted by molar-refractivity contribution is 9.10. The Morgan fingerprint density at radius 3 is 2.17 bits per heavy atom. The van der Waals surface area contributed by atoms with Crippen molar-refractivity contribution in [2.75, 3.05) is 16.9 Å². The topological polar surface area (TPSA) is 52.7 Å². The molecule has 2 amide bonds. The predicted octanol–water partition coefficient (Wildman–Crippen LogP) is 4.63. The van der Waals surface area contributed by atoms with E-state index >= 15 is 0 Å². The van der Waals surface area contributed by atoms with Gasteiger partial charge >= 0.3 is 0 Å². The van der Waals surface area contributed by atoms with Crippen molar-refractivity contribution in [1.82, 2.24) is 4.90 Å². The van der Waals surface area contributed by atoms with E-state index in [9.17, 15) is 9.59 Å². The number of carbonyl (C=O) groups excluding carboxylic acids is 2. The van der Waals surface area contributed by atoms with Gasteiger partial charge in [0.05, 0.1) is 17.8 Å². The molecule has 0 spiro atoms. The van der Waals surface area contributed by atoms with Gasteiger partial charge in [0.15, 0.2) is 0 Å². The Balaban J connectivity index is 1.34. The number of hydrogen-bond donors (Lipinski definition) is 1. The number of amides is 2. The molecule has 6 heteroatoms. The molecule has 2 aliphatic rings. The summed E-state index contributed by atoms with van der Waals surface area (Å²) >= 11 is 3.40. The number of imide groups is 1. The molecule has 29 heavy (non-hydrogen) atoms. The Labute approximate surface area is 177 Å². The summed E-state index contributed by atoms with van der Waals surface area (Å²) in [6.45, 7) is 1.76. The minimum Gasteiger partial charge on any atom is -0.367 e. The summed E-state index contributed by atoms with van der Waals surface area (Å²) < 4.78 is 0.973. The van der Waals surface area contributed by atoms with Crippen LogP contribution in [0.25, 0.3) is 0 Å². The van der Waals surface area contributed by atoms with Gasteiger partial charge < -0.3 is 10.2 Å². The molecule has 1 N–H and O–H groups in total. The molecule has 0 radical (unpaired) electrons. The van der Waals surface area contributed by atoms with Crippen LogP contribution in [0.3, 0.4) is 0 Å². The molecular formula is C23H18BrN3O2. The van der Waals surface area contributed by atoms with Crippen LogP contribution < -0.4 is 10.2 Å². The van der Waals surface area contributed by atoms with Crippen LogP contribution in [0.15, 0.2) is 71.2 Å². The Morgan fingerprint density at radius 2 is 1.48 bits per heavy atom. The van der Waals surface area contributed by atoms with Crippen molar-refractivity contribution in [3.63, 3.8) is 0 Å². The lowest BCUT2D eigenvalue weighted by atomic mass is 10.1. The van der Waals surface area contributed by atoms with Gasteiger partial charge in [-0.3, -0.25) is 14.5 Å². The lowest BCUT2D eigenvalue weighted by molar-refractivity contribution is 0.0666. The van der Waals surface area contributed by atoms with Gasteiger partial charge in [-0.05, 0) is 53.6 Å². The maximum atomic E-state index is 12.9. The maximum absolute atomic E-state index is 12.9. The zero-order chi connectivity index (χ0) is 20.0. The smallest absolute Gasteiger partial charge is 0.263 e. The lowest BCUT2D eigenvalue weighted by Crippen LogP contribution is -2.34. The number of nitrogens with one attached hydrogen (secondary N) is 1. The van der Waals surface area contributed by atoms with E-state index in [0.717, 1.165) is 28.9 Å². The van der Waals surface area contributed by atoms with Crippen molar-refractivity contribution >= 4 is 39.1 Å². The first kappa shape index (κ1) is 17.9. The average Bonchev–Trinajstić information content (AvgIpc) is 3.27. The van der Waals surface area contributed by atoms with Gasteiger partial charge in [-0.25, -0.2) is 0 Å². The molecule has 2 heterocycles. The summed E-state index contributed by atoms with van der Waals surface area (Å²) in [6.07, 6.45) is 0. The van der Waals surface area contributed by atoms with Gasteiger partial charge in [0, 0.05) is 28.9 Å². The normalized spacial score (nSPS) is 14.9. The van der Waals surface area contributed by atoms with Crippen molar-refractivity contribution in [3.05, 3.63) is 93.5 Å². The number of anilines is 2. The molecule has 2 aliphatic heterocycles. The monoisotopic (exact) mass is 447 g/mol. The molecule has 0 unspecified atom stereocenters. The molecule has 0 bridgehead atoms. The zero-order valence-corrected chi connectivity index (χ0v) is 17.1. The van der Waals surface area contributed by atoms with Crippen LogP contribution in [0, 0.1) is 0 Å². The molecule has 0 fully saturated rings. The minimum atomic E-state index is -0.258. The van der Waals surface area contributed by atoms with Crippen molar-refractivity contribution in [1.29, 1.82) is 0 Å². The molecule has 0 aliphatic carbocycles. The molecule has 0 aromatic heterocycles. The van der Waals surface area contributed by atoms with Crippen molar-refractivity contribution in [2.24, 2.45) is 0 Å². The second kappa shape index (κ2) is 7.04. The summed E-state index contributed by atoms with van der Waals surface area (Å²) in [4.78, 5) is 29.1. The van der Waals surface area contributed by atoms with Crippen molar-refractivity contribution < 1.29 is 9.59 Å². The average molecular weight is 448 g/mol. The van der Waals surface area contributed by atoms with Crippen LogP contribution in [0.1, 0.15) is 31.8 Å². The quantitative estimate of drug-likeness (QED) is 0.592. The first-order valence-electron chi connectivity index (χ1n) is 9.41. The molecule has 5 nitrogen and oxygen atoms in total. The van der Waals surface area contributed by atoms with Gasteiger partial charge in [0.25, 0.3) is 11.8 Å². The van der Waals surface area contributed by atoms with Gasteiger partial charge in [0.2, 0.25) is 0 Å². The highest BCUT2D eigenvalue weighted by Crippen LogP contribution is 2.32. The number of fused-ring (bicyclic) bond motifs is 2. The number of halogens is 1. The van der Waals surface area contributed by atoms with Crippen LogP contribution in [-0.4, -0.2) is 23.4 Å². The Morgan fingerprint density at radius 1 is 0.828 bits per heavy atom. The number of hydrogen-bond acceptors (Lipinski definition) is 4. The first-order valence-corrected chi connectivity index (χ1v) is 10.2. The fourth-order valence-electron chi connectivity index (χ4n) is 3.87. The van der Waals surface area contributed by atoms with E-state index in [1.807, 2.05) is 48.5 Å². The van der Waals surface area contributed by atoms with Crippen LogP contribution >= 0.6 is 15.9 Å². The van der Waals surface area contributed by atoms with Gasteiger partial charge in [-0.2, -0.15) is 0 Å². The number of rotatable bonds is 4. The molecule has 0 saturated carbocycles. The predicted molar refractivity (Wildman–Crippen MR) is 116 cm³/mol. The SMILES string of the molecule is O=C1c2ccc(N3Cc4ccccc4C3)cc2C(=O)N1CNc1ccc(Br)cc1. The fourth-order valence-corrected chi connectivity index (χ4v) is 4.14. The van der Waals surface area contributed by atoms with E-state index in [4.69, 9.17) is 0 Å². The van der Waals surface area contributed by atoms with E-state index in [0.29, 0.717) is 11.1 Å². The van der Waals surface area contributed by atoms with Crippen molar-refractivity contribution in [3.8, 4) is 0 Å². The summed E-state index contributed by atoms with van der Waals surface area (Å²) in [5.74, 6) is -0.515. The molecule has 0 atom stereocenters. The summed E-state index contributed by atoms with van der Waals surface area (Å²) in [6, 6.07) is 21.5. The molecule has 0 saturated heterocycles. The van der Waals surface area contributed by atoms with E-state index in [1.54, 1.807) is 6.07 Å². The standard InChI is InChI=1S/C23H18BrN3O2/c24-17-5-7-18(8-6-17)25-14-27-22(28)20-10-9-19(11-21(20)23(27)29)26-12-15-3-1-2-4-16(15)13-26/h1-11,25H,12-14H2. The maximum Gasteiger partial charge on any atom is 0.263 e. The minimum absolute atomic E-state index is 0.137. The molecule has 144 valence electrons. The van der Waals surface area contributed by atoms with Gasteiger partial charge in [0.1, 0.15) is 0 Å².